The molecule has 8 unspecified atom stereocenters. The van der Waals surface area contributed by atoms with Gasteiger partial charge in [0.05, 0.1) is 24.4 Å². The highest BCUT2D eigenvalue weighted by Crippen LogP contribution is 2.64. The number of ether oxygens (including phenoxy) is 2. The largest absolute Gasteiger partial charge is 0.456 e. The maximum absolute atomic E-state index is 14.3. The quantitative estimate of drug-likeness (QED) is 0.234. The molecule has 0 aromatic heterocycles. The van der Waals surface area contributed by atoms with Gasteiger partial charge in [0.2, 0.25) is 0 Å². The van der Waals surface area contributed by atoms with Crippen LogP contribution in [-0.4, -0.2) is 80.3 Å². The highest BCUT2D eigenvalue weighted by atomic mass is 16.6. The molecule has 3 aliphatic carbocycles. The van der Waals surface area contributed by atoms with Crippen LogP contribution in [0, 0.1) is 22.7 Å². The van der Waals surface area contributed by atoms with Crippen molar-refractivity contribution < 1.29 is 44.3 Å². The van der Waals surface area contributed by atoms with Gasteiger partial charge in [0, 0.05) is 28.7 Å². The standard InChI is InChI=1S/C37H45NO9/c1-20-24(47-33(43)29(40)27(22-12-8-6-9-13-22)38-32(42)23-14-10-7-11-15-23)18-37(45)21(2)30-35(5,17-16-25-36(30,44)19-46-25)31(41)28(39)26(20)34(37,3)4/h6-15,21,24-25,27-30,39-40,44-45H,16-19H2,1-5H3,(H,38,42)/t21-,24?,25?,27?,28?,29?,30?,35+,36?,37?/m0/s1. The van der Waals surface area contributed by atoms with Gasteiger partial charge < -0.3 is 35.2 Å². The summed E-state index contributed by atoms with van der Waals surface area (Å²) in [6.07, 6.45) is -4.32. The zero-order chi connectivity index (χ0) is 34.1. The van der Waals surface area contributed by atoms with Crippen molar-refractivity contribution in [2.45, 2.75) is 95.5 Å². The summed E-state index contributed by atoms with van der Waals surface area (Å²) in [5.41, 5.74) is -3.81. The monoisotopic (exact) mass is 647 g/mol. The Morgan fingerprint density at radius 1 is 1.02 bits per heavy atom. The molecule has 2 aromatic rings. The summed E-state index contributed by atoms with van der Waals surface area (Å²) in [5.74, 6) is -3.42. The molecule has 1 saturated heterocycles. The lowest BCUT2D eigenvalue weighted by molar-refractivity contribution is -0.320. The van der Waals surface area contributed by atoms with Crippen molar-refractivity contribution in [2.24, 2.45) is 22.7 Å². The number of nitrogens with one attached hydrogen (secondary N) is 1. The van der Waals surface area contributed by atoms with Gasteiger partial charge in [-0.2, -0.15) is 0 Å². The molecule has 2 bridgehead atoms. The molecule has 5 N–H and O–H groups in total. The normalized spacial score (nSPS) is 37.2. The van der Waals surface area contributed by atoms with Crippen molar-refractivity contribution in [1.29, 1.82) is 0 Å². The summed E-state index contributed by atoms with van der Waals surface area (Å²) >= 11 is 0. The molecule has 1 heterocycles. The first-order chi connectivity index (χ1) is 22.1. The first-order valence-corrected chi connectivity index (χ1v) is 16.4. The van der Waals surface area contributed by atoms with Crippen molar-refractivity contribution in [3.05, 3.63) is 82.9 Å². The van der Waals surface area contributed by atoms with E-state index in [0.717, 1.165) is 0 Å². The highest BCUT2D eigenvalue weighted by Gasteiger charge is 2.72. The van der Waals surface area contributed by atoms with E-state index < -0.39 is 82.0 Å². The van der Waals surface area contributed by atoms with E-state index in [2.05, 4.69) is 5.32 Å². The first-order valence-electron chi connectivity index (χ1n) is 16.4. The van der Waals surface area contributed by atoms with Gasteiger partial charge in [0.1, 0.15) is 17.8 Å². The zero-order valence-electron chi connectivity index (χ0n) is 27.5. The van der Waals surface area contributed by atoms with Gasteiger partial charge >= 0.3 is 5.97 Å². The van der Waals surface area contributed by atoms with Gasteiger partial charge in [-0.3, -0.25) is 9.59 Å². The Morgan fingerprint density at radius 3 is 2.23 bits per heavy atom. The van der Waals surface area contributed by atoms with Gasteiger partial charge in [-0.15, -0.1) is 0 Å². The minimum atomic E-state index is -1.84. The van der Waals surface area contributed by atoms with Crippen molar-refractivity contribution in [3.63, 3.8) is 0 Å². The number of carbonyl (C=O) groups is 3. The minimum Gasteiger partial charge on any atom is -0.456 e. The van der Waals surface area contributed by atoms with Crippen LogP contribution in [0.1, 0.15) is 75.8 Å². The summed E-state index contributed by atoms with van der Waals surface area (Å²) < 4.78 is 11.7. The Hall–Kier alpha value is -3.41. The van der Waals surface area contributed by atoms with Crippen LogP contribution in [0.4, 0.5) is 0 Å². The second-order valence-electron chi connectivity index (χ2n) is 14.7. The second-order valence-corrected chi connectivity index (χ2v) is 14.7. The zero-order valence-corrected chi connectivity index (χ0v) is 27.5. The molecule has 4 aliphatic rings. The molecule has 10 atom stereocenters. The number of carbonyl (C=O) groups excluding carboxylic acids is 3. The lowest BCUT2D eigenvalue weighted by Crippen LogP contribution is -2.76. The maximum atomic E-state index is 14.3. The van der Waals surface area contributed by atoms with Crippen LogP contribution in [0.3, 0.4) is 0 Å². The maximum Gasteiger partial charge on any atom is 0.338 e. The lowest BCUT2D eigenvalue weighted by Gasteiger charge is -2.66. The van der Waals surface area contributed by atoms with Gasteiger partial charge in [-0.05, 0) is 54.5 Å². The van der Waals surface area contributed by atoms with Crippen LogP contribution in [0.5, 0.6) is 0 Å². The van der Waals surface area contributed by atoms with Crippen molar-refractivity contribution in [3.8, 4) is 0 Å². The molecular formula is C37H45NO9. The van der Waals surface area contributed by atoms with Gasteiger partial charge in [-0.1, -0.05) is 76.2 Å². The number of amides is 1. The van der Waals surface area contributed by atoms with Crippen LogP contribution < -0.4 is 5.32 Å². The molecule has 3 fully saturated rings. The number of benzene rings is 2. The van der Waals surface area contributed by atoms with E-state index in [1.54, 1.807) is 88.4 Å². The van der Waals surface area contributed by atoms with Crippen LogP contribution >= 0.6 is 0 Å². The van der Waals surface area contributed by atoms with E-state index in [1.807, 2.05) is 6.92 Å². The Labute approximate surface area is 274 Å². The van der Waals surface area contributed by atoms with Crippen molar-refractivity contribution >= 4 is 17.7 Å². The van der Waals surface area contributed by atoms with E-state index in [0.29, 0.717) is 29.5 Å². The highest BCUT2D eigenvalue weighted by molar-refractivity contribution is 5.95. The SMILES string of the molecule is CC1=C2C(O)C(=O)[C@]3(C)CCC4OCC4(O)C3[C@H](C)C(O)(CC1OC(=O)C(O)C(NC(=O)c1ccccc1)c1ccccc1)C2(C)C. The third-order valence-corrected chi connectivity index (χ3v) is 12.0. The molecule has 1 amide bonds. The molecule has 2 aromatic carbocycles. The summed E-state index contributed by atoms with van der Waals surface area (Å²) in [6, 6.07) is 15.8. The number of aliphatic hydroxyl groups is 4. The first kappa shape index (κ1) is 33.5. The molecule has 1 aliphatic heterocycles. The molecule has 6 rings (SSSR count). The summed E-state index contributed by atoms with van der Waals surface area (Å²) in [6.45, 7) is 8.79. The van der Waals surface area contributed by atoms with Gasteiger partial charge in [0.15, 0.2) is 11.9 Å². The Bertz CT molecular complexity index is 1590. The van der Waals surface area contributed by atoms with E-state index in [-0.39, 0.29) is 18.6 Å². The summed E-state index contributed by atoms with van der Waals surface area (Å²) in [4.78, 5) is 41.2. The molecular weight excluding hydrogens is 602 g/mol. The number of hydrogen-bond acceptors (Lipinski definition) is 9. The third kappa shape index (κ3) is 4.99. The molecule has 252 valence electrons. The Morgan fingerprint density at radius 2 is 1.64 bits per heavy atom. The smallest absolute Gasteiger partial charge is 0.338 e. The van der Waals surface area contributed by atoms with Crippen LogP contribution in [0.25, 0.3) is 0 Å². The van der Waals surface area contributed by atoms with E-state index in [9.17, 15) is 34.8 Å². The average Bonchev–Trinajstić information content (AvgIpc) is 3.04. The fourth-order valence-electron chi connectivity index (χ4n) is 9.31. The second kappa shape index (κ2) is 11.6. The van der Waals surface area contributed by atoms with Crippen LogP contribution in [0.15, 0.2) is 71.8 Å². The Balaban J connectivity index is 1.35. The number of aliphatic hydroxyl groups excluding tert-OH is 2. The number of Topliss-reactive ketones (excluding diaryl/α,β-unsaturated/α-hetero) is 1. The van der Waals surface area contributed by atoms with Gasteiger partial charge in [0.25, 0.3) is 5.91 Å². The van der Waals surface area contributed by atoms with Crippen molar-refractivity contribution in [1.82, 2.24) is 5.32 Å². The number of rotatable bonds is 6. The molecule has 0 radical (unpaired) electrons. The van der Waals surface area contributed by atoms with E-state index in [1.165, 1.54) is 0 Å². The van der Waals surface area contributed by atoms with Gasteiger partial charge in [-0.25, -0.2) is 4.79 Å². The Kier molecular flexibility index (Phi) is 8.29. The number of hydrogen-bond donors (Lipinski definition) is 5. The number of fused-ring (bicyclic) bond motifs is 5. The van der Waals surface area contributed by atoms with Crippen LogP contribution in [-0.2, 0) is 19.1 Å². The fourth-order valence-corrected chi connectivity index (χ4v) is 9.31. The molecule has 10 heteroatoms. The van der Waals surface area contributed by atoms with Crippen molar-refractivity contribution in [2.75, 3.05) is 6.61 Å². The number of ketones is 1. The predicted octanol–water partition coefficient (Wildman–Crippen LogP) is 3.03. The predicted molar refractivity (Wildman–Crippen MR) is 171 cm³/mol. The number of esters is 1. The third-order valence-electron chi connectivity index (χ3n) is 12.0. The lowest BCUT2D eigenvalue weighted by atomic mass is 9.43. The fraction of sp³-hybridized carbons (Fsp3) is 0.541. The molecule has 0 spiro atoms. The summed E-state index contributed by atoms with van der Waals surface area (Å²) in [7, 11) is 0. The molecule has 2 saturated carbocycles. The van der Waals surface area contributed by atoms with Crippen LogP contribution in [0.2, 0.25) is 0 Å². The van der Waals surface area contributed by atoms with E-state index >= 15 is 0 Å². The summed E-state index contributed by atoms with van der Waals surface area (Å²) in [5, 5.41) is 50.6. The minimum absolute atomic E-state index is 0.0179. The topological polar surface area (TPSA) is 163 Å². The molecule has 10 nitrogen and oxygen atoms in total. The average molecular weight is 648 g/mol. The van der Waals surface area contributed by atoms with E-state index in [4.69, 9.17) is 9.47 Å². The molecule has 47 heavy (non-hydrogen) atoms.